The SMILES string of the molecule is OCCN1CCN(CCCOc2ccc(Br)cc2Cl)CC1. The van der Waals surface area contributed by atoms with Gasteiger partial charge >= 0.3 is 0 Å². The largest absolute Gasteiger partial charge is 0.492 e. The number of halogens is 2. The van der Waals surface area contributed by atoms with Crippen molar-refractivity contribution in [3.8, 4) is 5.75 Å². The predicted octanol–water partition coefficient (Wildman–Crippen LogP) is 2.48. The fraction of sp³-hybridized carbons (Fsp3) is 0.600. The summed E-state index contributed by atoms with van der Waals surface area (Å²) in [5, 5.41) is 9.56. The monoisotopic (exact) mass is 376 g/mol. The number of rotatable bonds is 7. The number of benzene rings is 1. The highest BCUT2D eigenvalue weighted by Gasteiger charge is 2.15. The van der Waals surface area contributed by atoms with E-state index in [1.54, 1.807) is 0 Å². The zero-order chi connectivity index (χ0) is 15.1. The van der Waals surface area contributed by atoms with E-state index in [0.29, 0.717) is 11.6 Å². The van der Waals surface area contributed by atoms with Crippen molar-refractivity contribution < 1.29 is 9.84 Å². The Morgan fingerprint density at radius 3 is 2.43 bits per heavy atom. The van der Waals surface area contributed by atoms with Gasteiger partial charge in [0.15, 0.2) is 0 Å². The van der Waals surface area contributed by atoms with Gasteiger partial charge in [0.2, 0.25) is 0 Å². The molecule has 0 aromatic heterocycles. The zero-order valence-electron chi connectivity index (χ0n) is 12.1. The highest BCUT2D eigenvalue weighted by atomic mass is 79.9. The highest BCUT2D eigenvalue weighted by molar-refractivity contribution is 9.10. The van der Waals surface area contributed by atoms with E-state index in [4.69, 9.17) is 21.4 Å². The molecule has 0 amide bonds. The minimum absolute atomic E-state index is 0.252. The summed E-state index contributed by atoms with van der Waals surface area (Å²) in [6.07, 6.45) is 0.992. The third-order valence-electron chi connectivity index (χ3n) is 3.65. The second-order valence-corrected chi connectivity index (χ2v) is 6.51. The lowest BCUT2D eigenvalue weighted by molar-refractivity contribution is 0.108. The molecule has 1 aromatic carbocycles. The lowest BCUT2D eigenvalue weighted by Gasteiger charge is -2.34. The number of aliphatic hydroxyl groups excluding tert-OH is 1. The van der Waals surface area contributed by atoms with Gasteiger partial charge in [-0.2, -0.15) is 0 Å². The smallest absolute Gasteiger partial charge is 0.137 e. The summed E-state index contributed by atoms with van der Waals surface area (Å²) in [5.74, 6) is 0.743. The van der Waals surface area contributed by atoms with Crippen LogP contribution in [0.5, 0.6) is 5.75 Å². The molecule has 1 aliphatic heterocycles. The molecule has 1 heterocycles. The van der Waals surface area contributed by atoms with Crippen LogP contribution in [0.3, 0.4) is 0 Å². The zero-order valence-corrected chi connectivity index (χ0v) is 14.4. The van der Waals surface area contributed by atoms with Crippen molar-refractivity contribution in [3.05, 3.63) is 27.7 Å². The fourth-order valence-electron chi connectivity index (χ4n) is 2.44. The van der Waals surface area contributed by atoms with Gasteiger partial charge in [-0.05, 0) is 24.6 Å². The molecule has 0 saturated carbocycles. The van der Waals surface area contributed by atoms with Gasteiger partial charge in [-0.1, -0.05) is 27.5 Å². The molecule has 1 aromatic rings. The van der Waals surface area contributed by atoms with Crippen LogP contribution < -0.4 is 4.74 Å². The summed E-state index contributed by atoms with van der Waals surface area (Å²) in [6, 6.07) is 5.67. The molecule has 0 radical (unpaired) electrons. The van der Waals surface area contributed by atoms with E-state index in [9.17, 15) is 0 Å². The quantitative estimate of drug-likeness (QED) is 0.741. The van der Waals surface area contributed by atoms with Gasteiger partial charge in [0.05, 0.1) is 18.2 Å². The molecule has 2 rings (SSSR count). The van der Waals surface area contributed by atoms with Crippen LogP contribution in [0.25, 0.3) is 0 Å². The van der Waals surface area contributed by atoms with Crippen molar-refractivity contribution in [2.24, 2.45) is 0 Å². The van der Waals surface area contributed by atoms with Crippen molar-refractivity contribution in [1.82, 2.24) is 9.80 Å². The first-order valence-electron chi connectivity index (χ1n) is 7.32. The van der Waals surface area contributed by atoms with E-state index in [1.807, 2.05) is 18.2 Å². The summed E-state index contributed by atoms with van der Waals surface area (Å²) in [4.78, 5) is 4.75. The minimum atomic E-state index is 0.252. The first kappa shape index (κ1) is 17.0. The van der Waals surface area contributed by atoms with Crippen LogP contribution in [0.2, 0.25) is 5.02 Å². The Kier molecular flexibility index (Phi) is 7.26. The Bertz CT molecular complexity index is 440. The third kappa shape index (κ3) is 5.75. The van der Waals surface area contributed by atoms with E-state index < -0.39 is 0 Å². The predicted molar refractivity (Wildman–Crippen MR) is 89.2 cm³/mol. The summed E-state index contributed by atoms with van der Waals surface area (Å²) in [7, 11) is 0. The number of hydrogen-bond acceptors (Lipinski definition) is 4. The molecule has 1 saturated heterocycles. The number of aliphatic hydroxyl groups is 1. The van der Waals surface area contributed by atoms with Gasteiger partial charge in [-0.3, -0.25) is 4.90 Å². The van der Waals surface area contributed by atoms with Crippen molar-refractivity contribution in [3.63, 3.8) is 0 Å². The summed E-state index contributed by atoms with van der Waals surface area (Å²) in [6.45, 7) is 6.98. The number of piperazine rings is 1. The average molecular weight is 378 g/mol. The molecule has 1 aliphatic rings. The van der Waals surface area contributed by atoms with E-state index in [0.717, 1.165) is 55.9 Å². The van der Waals surface area contributed by atoms with Crippen molar-refractivity contribution in [2.45, 2.75) is 6.42 Å². The lowest BCUT2D eigenvalue weighted by atomic mass is 10.3. The number of β-amino-alcohol motifs (C(OH)–C–C–N with tert-alkyl or cyclic N) is 1. The van der Waals surface area contributed by atoms with Gasteiger partial charge in [0.1, 0.15) is 5.75 Å². The number of ether oxygens (including phenoxy) is 1. The molecule has 1 fully saturated rings. The maximum atomic E-state index is 8.92. The van der Waals surface area contributed by atoms with Crippen LogP contribution in [-0.4, -0.2) is 67.4 Å². The molecule has 0 aliphatic carbocycles. The summed E-state index contributed by atoms with van der Waals surface area (Å²) in [5.41, 5.74) is 0. The molecule has 0 bridgehead atoms. The highest BCUT2D eigenvalue weighted by Crippen LogP contribution is 2.27. The maximum absolute atomic E-state index is 8.92. The summed E-state index contributed by atoms with van der Waals surface area (Å²) < 4.78 is 6.68. The molecule has 4 nitrogen and oxygen atoms in total. The van der Waals surface area contributed by atoms with Crippen LogP contribution in [0, 0.1) is 0 Å². The average Bonchev–Trinajstić information content (AvgIpc) is 2.47. The first-order chi connectivity index (χ1) is 10.2. The van der Waals surface area contributed by atoms with E-state index in [1.165, 1.54) is 0 Å². The molecule has 21 heavy (non-hydrogen) atoms. The number of nitrogens with zero attached hydrogens (tertiary/aromatic N) is 2. The molecule has 118 valence electrons. The standard InChI is InChI=1S/C15H22BrClN2O2/c16-13-2-3-15(14(17)12-13)21-11-1-4-18-5-7-19(8-6-18)9-10-20/h2-3,12,20H,1,4-11H2. The lowest BCUT2D eigenvalue weighted by Crippen LogP contribution is -2.47. The van der Waals surface area contributed by atoms with Gasteiger partial charge in [-0.15, -0.1) is 0 Å². The van der Waals surface area contributed by atoms with Crippen LogP contribution in [-0.2, 0) is 0 Å². The molecule has 1 N–H and O–H groups in total. The normalized spacial score (nSPS) is 17.1. The molecule has 0 spiro atoms. The Balaban J connectivity index is 1.62. The van der Waals surface area contributed by atoms with Crippen LogP contribution in [0.4, 0.5) is 0 Å². The Hall–Kier alpha value is -0.330. The minimum Gasteiger partial charge on any atom is -0.492 e. The van der Waals surface area contributed by atoms with Crippen molar-refractivity contribution >= 4 is 27.5 Å². The molecule has 0 unspecified atom stereocenters. The van der Waals surface area contributed by atoms with E-state index in [2.05, 4.69) is 25.7 Å². The Labute approximate surface area is 139 Å². The van der Waals surface area contributed by atoms with Crippen LogP contribution in [0.1, 0.15) is 6.42 Å². The molecular weight excluding hydrogens is 356 g/mol. The second-order valence-electron chi connectivity index (χ2n) is 5.18. The van der Waals surface area contributed by atoms with Gasteiger partial charge < -0.3 is 14.7 Å². The molecule has 0 atom stereocenters. The van der Waals surface area contributed by atoms with Gasteiger partial charge in [0.25, 0.3) is 0 Å². The third-order valence-corrected chi connectivity index (χ3v) is 4.44. The topological polar surface area (TPSA) is 35.9 Å². The van der Waals surface area contributed by atoms with Gasteiger partial charge in [0, 0.05) is 43.7 Å². The van der Waals surface area contributed by atoms with Crippen LogP contribution in [0.15, 0.2) is 22.7 Å². The van der Waals surface area contributed by atoms with Crippen molar-refractivity contribution in [2.75, 3.05) is 52.5 Å². The molecular formula is C15H22BrClN2O2. The Morgan fingerprint density at radius 1 is 1.14 bits per heavy atom. The summed E-state index contributed by atoms with van der Waals surface area (Å²) >= 11 is 9.49. The van der Waals surface area contributed by atoms with E-state index >= 15 is 0 Å². The fourth-order valence-corrected chi connectivity index (χ4v) is 3.17. The Morgan fingerprint density at radius 2 is 1.81 bits per heavy atom. The van der Waals surface area contributed by atoms with Crippen molar-refractivity contribution in [1.29, 1.82) is 0 Å². The van der Waals surface area contributed by atoms with Crippen LogP contribution >= 0.6 is 27.5 Å². The number of hydrogen-bond donors (Lipinski definition) is 1. The second kappa shape index (κ2) is 8.96. The molecule has 6 heteroatoms. The van der Waals surface area contributed by atoms with Gasteiger partial charge in [-0.25, -0.2) is 0 Å². The first-order valence-corrected chi connectivity index (χ1v) is 8.49. The van der Waals surface area contributed by atoms with E-state index in [-0.39, 0.29) is 6.61 Å². The maximum Gasteiger partial charge on any atom is 0.137 e.